The Balaban J connectivity index is 1.38. The van der Waals surface area contributed by atoms with Gasteiger partial charge in [-0.15, -0.1) is 0 Å². The van der Waals surface area contributed by atoms with Crippen molar-refractivity contribution in [2.45, 2.75) is 127 Å². The van der Waals surface area contributed by atoms with Gasteiger partial charge in [-0.05, 0) is 0 Å². The van der Waals surface area contributed by atoms with Crippen LogP contribution in [0.3, 0.4) is 0 Å². The molecule has 5 saturated heterocycles. The van der Waals surface area contributed by atoms with E-state index in [0.29, 0.717) is 0 Å². The second kappa shape index (κ2) is 17.9. The van der Waals surface area contributed by atoms with Gasteiger partial charge in [0.15, 0.2) is 6.29 Å². The molecule has 26 heteroatoms. The Morgan fingerprint density at radius 3 is 1.20 bits per heavy atom. The summed E-state index contributed by atoms with van der Waals surface area (Å²) in [5.41, 5.74) is 0. The number of aliphatic hydroxyl groups excluding tert-OH is 17. The second-order valence-corrected chi connectivity index (χ2v) is 14.2. The minimum absolute atomic E-state index is 0.805. The highest BCUT2D eigenvalue weighted by Crippen LogP contribution is 2.42. The molecule has 5 aliphatic rings. The SMILES string of the molecule is OC[C@H]1O[C@@](CO)(OC[C@H]2O[C@@](CO[C@]3(CO)O[C@H](CO)[C@@H](O)[C@@H]3O)(OC[C@H]3O[C@@](CO)(O[C@H]4O[C@H](CO)[C@@H](O)[C@H](O)[C@H]4O)[C@@H](O)[C@@H]3O)[C@@H](O)[C@@H]2O)[C@@H](O)[C@@H]1O. The third-order valence-electron chi connectivity index (χ3n) is 10.7. The van der Waals surface area contributed by atoms with Crippen molar-refractivity contribution < 1.29 is 129 Å². The Kier molecular flexibility index (Phi) is 14.7. The van der Waals surface area contributed by atoms with E-state index in [2.05, 4.69) is 0 Å². The van der Waals surface area contributed by atoms with E-state index < -0.39 is 187 Å². The predicted octanol–water partition coefficient (Wildman–Crippen LogP) is -11.9. The first kappa shape index (κ1) is 46.0. The van der Waals surface area contributed by atoms with Gasteiger partial charge in [0.2, 0.25) is 23.1 Å². The fourth-order valence-corrected chi connectivity index (χ4v) is 7.16. The maximum absolute atomic E-state index is 11.4. The normalized spacial score (nSPS) is 52.3. The van der Waals surface area contributed by atoms with Gasteiger partial charge < -0.3 is 129 Å². The van der Waals surface area contributed by atoms with E-state index in [-0.39, 0.29) is 0 Å². The van der Waals surface area contributed by atoms with E-state index in [0.717, 1.165) is 0 Å². The van der Waals surface area contributed by atoms with Gasteiger partial charge >= 0.3 is 0 Å². The van der Waals surface area contributed by atoms with Crippen LogP contribution in [0.5, 0.6) is 0 Å². The van der Waals surface area contributed by atoms with Crippen molar-refractivity contribution in [2.24, 2.45) is 0 Å². The molecule has 5 fully saturated rings. The van der Waals surface area contributed by atoms with Crippen LogP contribution in [-0.4, -0.2) is 273 Å². The number of hydrogen-bond donors (Lipinski definition) is 17. The predicted molar refractivity (Wildman–Crippen MR) is 167 cm³/mol. The van der Waals surface area contributed by atoms with Crippen molar-refractivity contribution in [3.8, 4) is 0 Å². The molecular formula is C30H52O26. The molecule has 0 aromatic heterocycles. The van der Waals surface area contributed by atoms with Gasteiger partial charge in [-0.2, -0.15) is 0 Å². The van der Waals surface area contributed by atoms with Crippen molar-refractivity contribution >= 4 is 0 Å². The zero-order chi connectivity index (χ0) is 41.5. The summed E-state index contributed by atoms with van der Waals surface area (Å²) < 4.78 is 49.8. The lowest BCUT2D eigenvalue weighted by molar-refractivity contribution is -0.386. The summed E-state index contributed by atoms with van der Waals surface area (Å²) in [6.07, 6.45) is -31.7. The molecule has 0 unspecified atom stereocenters. The van der Waals surface area contributed by atoms with E-state index in [1.807, 2.05) is 0 Å². The highest BCUT2D eigenvalue weighted by molar-refractivity contribution is 5.04. The molecule has 0 amide bonds. The third-order valence-corrected chi connectivity index (χ3v) is 10.7. The second-order valence-electron chi connectivity index (χ2n) is 14.2. The zero-order valence-corrected chi connectivity index (χ0v) is 29.5. The molecule has 21 atom stereocenters. The number of rotatable bonds is 17. The summed E-state index contributed by atoms with van der Waals surface area (Å²) in [5.74, 6) is -10.2. The zero-order valence-electron chi connectivity index (χ0n) is 29.5. The van der Waals surface area contributed by atoms with Crippen LogP contribution < -0.4 is 0 Å². The summed E-state index contributed by atoms with van der Waals surface area (Å²) in [4.78, 5) is 0. The van der Waals surface area contributed by atoms with Crippen LogP contribution in [0.15, 0.2) is 0 Å². The number of ether oxygens (including phenoxy) is 9. The quantitative estimate of drug-likeness (QED) is 0.0647. The van der Waals surface area contributed by atoms with Crippen LogP contribution in [0.25, 0.3) is 0 Å². The van der Waals surface area contributed by atoms with Crippen LogP contribution in [0, 0.1) is 0 Å². The first-order valence-electron chi connectivity index (χ1n) is 17.5. The molecule has 56 heavy (non-hydrogen) atoms. The Bertz CT molecular complexity index is 1270. The molecule has 0 aliphatic carbocycles. The molecule has 0 saturated carbocycles. The lowest BCUT2D eigenvalue weighted by Crippen LogP contribution is -2.62. The third kappa shape index (κ3) is 7.97. The van der Waals surface area contributed by atoms with Crippen molar-refractivity contribution in [2.75, 3.05) is 59.5 Å². The standard InChI is InChI=1S/C30H52O26/c31-1-10-15(37)20(42)21(43)26(51-10)56-29(8-36)24(46)18(40)13(54-29)5-49-30(9-50-28(7-35)23(45)17(39)12(3-33)53-28)25(47)19(41)14(55-30)4-48-27(6-34)22(44)16(38)11(2-32)52-27/h10-26,31-47H,1-9H2/t10-,11-,12-,13-,14-,15-,16-,17-,18-,19-,20+,21-,22+,23+,24+,25+,26-,27-,28-,29+,30-/m1/s1. The molecule has 5 rings (SSSR count). The van der Waals surface area contributed by atoms with Crippen molar-refractivity contribution in [1.82, 2.24) is 0 Å². The molecule has 0 radical (unpaired) electrons. The molecular weight excluding hydrogens is 776 g/mol. The Morgan fingerprint density at radius 2 is 0.750 bits per heavy atom. The molecule has 0 aromatic carbocycles. The summed E-state index contributed by atoms with van der Waals surface area (Å²) in [6.45, 7) is -9.08. The van der Waals surface area contributed by atoms with E-state index in [1.165, 1.54) is 0 Å². The molecule has 26 nitrogen and oxygen atoms in total. The first-order valence-corrected chi connectivity index (χ1v) is 17.5. The summed E-state index contributed by atoms with van der Waals surface area (Å²) in [6, 6.07) is 0. The van der Waals surface area contributed by atoms with Crippen LogP contribution in [0.2, 0.25) is 0 Å². The Hall–Kier alpha value is -1.04. The molecule has 0 spiro atoms. The fourth-order valence-electron chi connectivity index (χ4n) is 7.16. The minimum Gasteiger partial charge on any atom is -0.394 e. The average Bonchev–Trinajstić information content (AvgIpc) is 3.80. The maximum Gasteiger partial charge on any atom is 0.224 e. The lowest BCUT2D eigenvalue weighted by Gasteiger charge is -2.43. The molecule has 0 aromatic rings. The van der Waals surface area contributed by atoms with E-state index in [4.69, 9.17) is 42.6 Å². The first-order chi connectivity index (χ1) is 26.4. The maximum atomic E-state index is 11.4. The highest BCUT2D eigenvalue weighted by Gasteiger charge is 2.64. The number of aliphatic hydroxyl groups is 17. The van der Waals surface area contributed by atoms with Gasteiger partial charge in [0.25, 0.3) is 0 Å². The summed E-state index contributed by atoms with van der Waals surface area (Å²) >= 11 is 0. The van der Waals surface area contributed by atoms with Crippen LogP contribution in [-0.2, 0) is 42.6 Å². The average molecular weight is 829 g/mol. The summed E-state index contributed by atoms with van der Waals surface area (Å²) in [5, 5.41) is 176. The van der Waals surface area contributed by atoms with E-state index >= 15 is 0 Å². The molecule has 328 valence electrons. The molecule has 17 N–H and O–H groups in total. The summed E-state index contributed by atoms with van der Waals surface area (Å²) in [7, 11) is 0. The molecule has 5 heterocycles. The smallest absolute Gasteiger partial charge is 0.224 e. The van der Waals surface area contributed by atoms with Gasteiger partial charge in [-0.25, -0.2) is 0 Å². The van der Waals surface area contributed by atoms with Gasteiger partial charge in [0.05, 0.1) is 33.0 Å². The van der Waals surface area contributed by atoms with E-state index in [9.17, 15) is 86.8 Å². The van der Waals surface area contributed by atoms with Gasteiger partial charge in [-0.3, -0.25) is 0 Å². The lowest BCUT2D eigenvalue weighted by atomic mass is 9.99. The number of hydrogen-bond acceptors (Lipinski definition) is 26. The van der Waals surface area contributed by atoms with Crippen molar-refractivity contribution in [3.05, 3.63) is 0 Å². The van der Waals surface area contributed by atoms with Gasteiger partial charge in [0.1, 0.15) is 124 Å². The Labute approximate surface area is 316 Å². The van der Waals surface area contributed by atoms with E-state index in [1.54, 1.807) is 0 Å². The van der Waals surface area contributed by atoms with Gasteiger partial charge in [0, 0.05) is 0 Å². The minimum atomic E-state index is -2.69. The van der Waals surface area contributed by atoms with Crippen LogP contribution >= 0.6 is 0 Å². The highest BCUT2D eigenvalue weighted by atomic mass is 16.8. The van der Waals surface area contributed by atoms with Crippen molar-refractivity contribution in [3.63, 3.8) is 0 Å². The Morgan fingerprint density at radius 1 is 0.375 bits per heavy atom. The fraction of sp³-hybridized carbons (Fsp3) is 1.00. The largest absolute Gasteiger partial charge is 0.394 e. The van der Waals surface area contributed by atoms with Crippen LogP contribution in [0.1, 0.15) is 0 Å². The molecule has 5 aliphatic heterocycles. The van der Waals surface area contributed by atoms with Gasteiger partial charge in [-0.1, -0.05) is 0 Å². The van der Waals surface area contributed by atoms with Crippen molar-refractivity contribution in [1.29, 1.82) is 0 Å². The topological polar surface area (TPSA) is 427 Å². The monoisotopic (exact) mass is 828 g/mol. The molecule has 0 bridgehead atoms. The van der Waals surface area contributed by atoms with Crippen LogP contribution in [0.4, 0.5) is 0 Å².